The van der Waals surface area contributed by atoms with Gasteiger partial charge in [0.1, 0.15) is 0 Å². The predicted molar refractivity (Wildman–Crippen MR) is 124 cm³/mol. The second-order valence-corrected chi connectivity index (χ2v) is 8.09. The number of hydrogen-bond donors (Lipinski definition) is 1. The lowest BCUT2D eigenvalue weighted by atomic mass is 10.0. The number of aryl methyl sites for hydroxylation is 1. The van der Waals surface area contributed by atoms with E-state index in [1.807, 2.05) is 19.3 Å². The predicted octanol–water partition coefficient (Wildman–Crippen LogP) is 7.00. The zero-order valence-corrected chi connectivity index (χ0v) is 18.3. The maximum Gasteiger partial charge on any atom is 0.159 e. The van der Waals surface area contributed by atoms with Gasteiger partial charge in [0.15, 0.2) is 5.82 Å². The largest absolute Gasteiger partial charge is 0.393 e. The van der Waals surface area contributed by atoms with E-state index < -0.39 is 0 Å². The Morgan fingerprint density at radius 1 is 0.897 bits per heavy atom. The highest BCUT2D eigenvalue weighted by molar-refractivity contribution is 5.56. The number of hydrogen-bond acceptors (Lipinski definition) is 3. The molecule has 0 saturated heterocycles. The lowest BCUT2D eigenvalue weighted by Crippen LogP contribution is -1.98. The van der Waals surface area contributed by atoms with Gasteiger partial charge >= 0.3 is 0 Å². The van der Waals surface area contributed by atoms with Gasteiger partial charge in [0.2, 0.25) is 0 Å². The highest BCUT2D eigenvalue weighted by Crippen LogP contribution is 2.17. The van der Waals surface area contributed by atoms with Crippen LogP contribution in [0.4, 0.5) is 0 Å². The molecule has 158 valence electrons. The van der Waals surface area contributed by atoms with Crippen LogP contribution in [-0.2, 0) is 6.42 Å². The van der Waals surface area contributed by atoms with E-state index in [0.717, 1.165) is 42.6 Å². The molecule has 1 atom stereocenters. The van der Waals surface area contributed by atoms with Gasteiger partial charge in [-0.05, 0) is 44.6 Å². The molecule has 1 aromatic carbocycles. The van der Waals surface area contributed by atoms with Gasteiger partial charge in [0.05, 0.1) is 6.10 Å². The van der Waals surface area contributed by atoms with Crippen LogP contribution in [0.1, 0.15) is 89.2 Å². The maximum atomic E-state index is 9.30. The van der Waals surface area contributed by atoms with Crippen molar-refractivity contribution in [3.63, 3.8) is 0 Å². The molecule has 0 amide bonds. The second kappa shape index (κ2) is 14.1. The molecule has 1 heterocycles. The van der Waals surface area contributed by atoms with Gasteiger partial charge in [-0.3, -0.25) is 0 Å². The minimum atomic E-state index is -0.174. The topological polar surface area (TPSA) is 46.0 Å². The van der Waals surface area contributed by atoms with Crippen molar-refractivity contribution < 1.29 is 5.11 Å². The Morgan fingerprint density at radius 2 is 1.59 bits per heavy atom. The van der Waals surface area contributed by atoms with Crippen molar-refractivity contribution in [1.29, 1.82) is 0 Å². The van der Waals surface area contributed by atoms with E-state index in [1.54, 1.807) is 0 Å². The normalized spacial score (nSPS) is 12.5. The monoisotopic (exact) mass is 394 g/mol. The van der Waals surface area contributed by atoms with Crippen molar-refractivity contribution >= 4 is 6.08 Å². The third-order valence-corrected chi connectivity index (χ3v) is 5.26. The highest BCUT2D eigenvalue weighted by atomic mass is 16.3. The summed E-state index contributed by atoms with van der Waals surface area (Å²) in [4.78, 5) is 9.07. The van der Waals surface area contributed by atoms with Gasteiger partial charge in [-0.25, -0.2) is 9.97 Å². The summed E-state index contributed by atoms with van der Waals surface area (Å²) >= 11 is 0. The molecule has 1 unspecified atom stereocenters. The maximum absolute atomic E-state index is 9.30. The second-order valence-electron chi connectivity index (χ2n) is 8.09. The van der Waals surface area contributed by atoms with Crippen molar-refractivity contribution in [1.82, 2.24) is 9.97 Å². The van der Waals surface area contributed by atoms with Gasteiger partial charge in [-0.15, -0.1) is 0 Å². The summed E-state index contributed by atoms with van der Waals surface area (Å²) in [6.45, 7) is 4.11. The van der Waals surface area contributed by atoms with Crippen LogP contribution in [0.25, 0.3) is 17.5 Å². The van der Waals surface area contributed by atoms with E-state index in [1.165, 1.54) is 50.5 Å². The summed E-state index contributed by atoms with van der Waals surface area (Å²) in [5, 5.41) is 9.30. The first-order valence-electron chi connectivity index (χ1n) is 11.4. The summed E-state index contributed by atoms with van der Waals surface area (Å²) in [6, 6.07) is 8.60. The molecule has 29 heavy (non-hydrogen) atoms. The van der Waals surface area contributed by atoms with E-state index in [0.29, 0.717) is 0 Å². The lowest BCUT2D eigenvalue weighted by Gasteiger charge is -2.05. The molecule has 1 N–H and O–H groups in total. The highest BCUT2D eigenvalue weighted by Gasteiger charge is 2.02. The smallest absolute Gasteiger partial charge is 0.159 e. The summed E-state index contributed by atoms with van der Waals surface area (Å²) in [5.74, 6) is 0.783. The number of aromatic nitrogens is 2. The summed E-state index contributed by atoms with van der Waals surface area (Å²) in [6.07, 6.45) is 21.2. The Balaban J connectivity index is 1.74. The Hall–Kier alpha value is -2.00. The molecular formula is C26H38N2O. The third-order valence-electron chi connectivity index (χ3n) is 5.26. The van der Waals surface area contributed by atoms with Crippen LogP contribution < -0.4 is 0 Å². The van der Waals surface area contributed by atoms with Crippen molar-refractivity contribution in [2.75, 3.05) is 0 Å². The number of unbranched alkanes of at least 4 members (excludes halogenated alkanes) is 7. The van der Waals surface area contributed by atoms with Crippen LogP contribution in [0.2, 0.25) is 0 Å². The Bertz CT molecular complexity index is 690. The zero-order chi connectivity index (χ0) is 20.7. The molecule has 0 bridgehead atoms. The van der Waals surface area contributed by atoms with Gasteiger partial charge in [-0.1, -0.05) is 81.9 Å². The molecule has 0 aliphatic carbocycles. The van der Waals surface area contributed by atoms with Crippen molar-refractivity contribution in [2.45, 2.75) is 90.6 Å². The van der Waals surface area contributed by atoms with Gasteiger partial charge in [0, 0.05) is 23.5 Å². The summed E-state index contributed by atoms with van der Waals surface area (Å²) in [7, 11) is 0. The van der Waals surface area contributed by atoms with Crippen LogP contribution in [0.15, 0.2) is 42.7 Å². The summed E-state index contributed by atoms with van der Waals surface area (Å²) in [5.41, 5.74) is 3.48. The number of allylic oxidation sites excluding steroid dienone is 1. The molecule has 1 aromatic heterocycles. The van der Waals surface area contributed by atoms with Crippen LogP contribution >= 0.6 is 0 Å². The molecule has 3 heteroatoms. The van der Waals surface area contributed by atoms with Crippen LogP contribution in [0.3, 0.4) is 0 Å². The molecule has 0 aliphatic heterocycles. The standard InChI is InChI=1S/C26H38N2O/c1-3-4-5-6-7-8-11-15-24-20-27-26(28-21-24)25-18-16-23(17-19-25)14-12-9-10-13-22(2)29/h11,15-22,29H,3-10,12-14H2,1-2H3. The minimum absolute atomic E-state index is 0.174. The first kappa shape index (κ1) is 23.3. The Morgan fingerprint density at radius 3 is 2.28 bits per heavy atom. The number of benzene rings is 1. The van der Waals surface area contributed by atoms with E-state index in [-0.39, 0.29) is 6.10 Å². The van der Waals surface area contributed by atoms with E-state index >= 15 is 0 Å². The summed E-state index contributed by atoms with van der Waals surface area (Å²) < 4.78 is 0. The Labute approximate surface area is 177 Å². The van der Waals surface area contributed by atoms with E-state index in [9.17, 15) is 5.11 Å². The number of aliphatic hydroxyl groups is 1. The fourth-order valence-electron chi connectivity index (χ4n) is 3.42. The molecule has 0 spiro atoms. The molecule has 0 saturated carbocycles. The molecule has 3 nitrogen and oxygen atoms in total. The lowest BCUT2D eigenvalue weighted by molar-refractivity contribution is 0.180. The molecular weight excluding hydrogens is 356 g/mol. The molecule has 2 rings (SSSR count). The molecule has 0 aliphatic rings. The first-order chi connectivity index (χ1) is 14.2. The van der Waals surface area contributed by atoms with E-state index in [4.69, 9.17) is 0 Å². The van der Waals surface area contributed by atoms with Crippen molar-refractivity contribution in [2.24, 2.45) is 0 Å². The fourth-order valence-corrected chi connectivity index (χ4v) is 3.42. The number of aliphatic hydroxyl groups excluding tert-OH is 1. The van der Waals surface area contributed by atoms with Gasteiger partial charge in [-0.2, -0.15) is 0 Å². The van der Waals surface area contributed by atoms with Crippen LogP contribution in [0.5, 0.6) is 0 Å². The SMILES string of the molecule is CCCCCCCC=Cc1cnc(-c2ccc(CCCCCC(C)O)cc2)nc1. The number of rotatable bonds is 14. The third kappa shape index (κ3) is 9.85. The van der Waals surface area contributed by atoms with Gasteiger partial charge in [0.25, 0.3) is 0 Å². The number of nitrogens with zero attached hydrogens (tertiary/aromatic N) is 2. The fraction of sp³-hybridized carbons (Fsp3) is 0.538. The van der Waals surface area contributed by atoms with Crippen LogP contribution in [-0.4, -0.2) is 21.2 Å². The average molecular weight is 395 g/mol. The zero-order valence-electron chi connectivity index (χ0n) is 18.3. The van der Waals surface area contributed by atoms with Crippen LogP contribution in [0, 0.1) is 0 Å². The van der Waals surface area contributed by atoms with Crippen molar-refractivity contribution in [3.8, 4) is 11.4 Å². The minimum Gasteiger partial charge on any atom is -0.393 e. The molecule has 0 fully saturated rings. The Kier molecular flexibility index (Phi) is 11.3. The van der Waals surface area contributed by atoms with Crippen molar-refractivity contribution in [3.05, 3.63) is 53.9 Å². The molecule has 2 aromatic rings. The average Bonchev–Trinajstić information content (AvgIpc) is 2.74. The van der Waals surface area contributed by atoms with Gasteiger partial charge < -0.3 is 5.11 Å². The quantitative estimate of drug-likeness (QED) is 0.351. The van der Waals surface area contributed by atoms with E-state index in [2.05, 4.69) is 53.3 Å². The first-order valence-corrected chi connectivity index (χ1v) is 11.4. The molecule has 0 radical (unpaired) electrons.